The molecular weight excluding hydrogens is 312 g/mol. The van der Waals surface area contributed by atoms with Crippen LogP contribution in [-0.4, -0.2) is 17.4 Å². The molecule has 3 heteroatoms. The maximum absolute atomic E-state index is 13.2. The van der Waals surface area contributed by atoms with E-state index in [-0.39, 0.29) is 17.7 Å². The Kier molecular flexibility index (Phi) is 3.95. The van der Waals surface area contributed by atoms with Crippen molar-refractivity contribution in [3.05, 3.63) is 71.8 Å². The zero-order valence-electron chi connectivity index (χ0n) is 14.4. The molecule has 3 unspecified atom stereocenters. The van der Waals surface area contributed by atoms with Crippen molar-refractivity contribution in [1.82, 2.24) is 0 Å². The summed E-state index contributed by atoms with van der Waals surface area (Å²) in [4.78, 5) is 25.9. The Labute approximate surface area is 148 Å². The predicted molar refractivity (Wildman–Crippen MR) is 95.0 cm³/mol. The molecule has 128 valence electrons. The lowest BCUT2D eigenvalue weighted by molar-refractivity contribution is -0.151. The first-order valence-electron chi connectivity index (χ1n) is 8.94. The summed E-state index contributed by atoms with van der Waals surface area (Å²) in [5.74, 6) is -0.753. The first-order valence-corrected chi connectivity index (χ1v) is 8.94. The summed E-state index contributed by atoms with van der Waals surface area (Å²) in [5.41, 5.74) is 1.02. The Morgan fingerprint density at radius 3 is 2.20 bits per heavy atom. The fourth-order valence-electron chi connectivity index (χ4n) is 4.06. The summed E-state index contributed by atoms with van der Waals surface area (Å²) in [5, 5.41) is 0. The Balaban J connectivity index is 1.64. The Bertz CT molecular complexity index is 779. The van der Waals surface area contributed by atoms with Gasteiger partial charge >= 0.3 is 5.97 Å². The first-order chi connectivity index (χ1) is 12.1. The van der Waals surface area contributed by atoms with Gasteiger partial charge in [-0.25, -0.2) is 0 Å². The Hall–Kier alpha value is -2.42. The highest BCUT2D eigenvalue weighted by atomic mass is 16.6. The van der Waals surface area contributed by atoms with Crippen molar-refractivity contribution >= 4 is 11.8 Å². The summed E-state index contributed by atoms with van der Waals surface area (Å²) >= 11 is 0. The number of carbonyl (C=O) groups is 2. The Morgan fingerprint density at radius 2 is 1.60 bits per heavy atom. The van der Waals surface area contributed by atoms with Crippen LogP contribution < -0.4 is 0 Å². The molecule has 3 atom stereocenters. The van der Waals surface area contributed by atoms with E-state index in [0.29, 0.717) is 12.3 Å². The fraction of sp³-hybridized carbons (Fsp3) is 0.364. The minimum Gasteiger partial charge on any atom is -0.450 e. The number of rotatable bonds is 5. The molecular formula is C22H22O3. The molecule has 1 aliphatic heterocycles. The quantitative estimate of drug-likeness (QED) is 0.615. The van der Waals surface area contributed by atoms with Crippen LogP contribution in [0.4, 0.5) is 0 Å². The van der Waals surface area contributed by atoms with E-state index < -0.39 is 11.5 Å². The standard InChI is InChI=1S/C22H22O3/c1-22(14-15-8-4-2-5-9-15)20(23)19(21(24)25-22)18(17-12-13-17)16-10-6-3-7-11-16/h2-11,17-19H,12-14H2,1H3. The van der Waals surface area contributed by atoms with Crippen LogP contribution in [0, 0.1) is 11.8 Å². The summed E-state index contributed by atoms with van der Waals surface area (Å²) in [6.45, 7) is 1.76. The molecule has 1 aliphatic carbocycles. The van der Waals surface area contributed by atoms with Crippen molar-refractivity contribution in [2.45, 2.75) is 37.7 Å². The van der Waals surface area contributed by atoms with Gasteiger partial charge in [-0.3, -0.25) is 9.59 Å². The molecule has 2 fully saturated rings. The van der Waals surface area contributed by atoms with Gasteiger partial charge in [0, 0.05) is 12.3 Å². The van der Waals surface area contributed by atoms with E-state index in [4.69, 9.17) is 4.74 Å². The number of ketones is 1. The van der Waals surface area contributed by atoms with Crippen LogP contribution >= 0.6 is 0 Å². The summed E-state index contributed by atoms with van der Waals surface area (Å²) in [6.07, 6.45) is 2.58. The number of hydrogen-bond donors (Lipinski definition) is 0. The van der Waals surface area contributed by atoms with Crippen molar-refractivity contribution in [3.8, 4) is 0 Å². The van der Waals surface area contributed by atoms with E-state index in [1.54, 1.807) is 6.92 Å². The molecule has 1 saturated heterocycles. The predicted octanol–water partition coefficient (Wildman–Crippen LogP) is 3.92. The average Bonchev–Trinajstić information content (AvgIpc) is 3.42. The monoisotopic (exact) mass is 334 g/mol. The largest absolute Gasteiger partial charge is 0.450 e. The summed E-state index contributed by atoms with van der Waals surface area (Å²) in [6, 6.07) is 19.7. The van der Waals surface area contributed by atoms with Crippen LogP contribution in [0.25, 0.3) is 0 Å². The van der Waals surface area contributed by atoms with E-state index in [1.165, 1.54) is 0 Å². The SMILES string of the molecule is CC1(Cc2ccccc2)OC(=O)C(C(c2ccccc2)C2CC2)C1=O. The van der Waals surface area contributed by atoms with Gasteiger partial charge in [-0.15, -0.1) is 0 Å². The molecule has 0 amide bonds. The van der Waals surface area contributed by atoms with E-state index in [1.807, 2.05) is 60.7 Å². The second-order valence-corrected chi connectivity index (χ2v) is 7.43. The molecule has 25 heavy (non-hydrogen) atoms. The third kappa shape index (κ3) is 2.99. The lowest BCUT2D eigenvalue weighted by atomic mass is 9.76. The van der Waals surface area contributed by atoms with E-state index in [2.05, 4.69) is 0 Å². The van der Waals surface area contributed by atoms with Crippen molar-refractivity contribution in [3.63, 3.8) is 0 Å². The zero-order chi connectivity index (χ0) is 17.4. The Morgan fingerprint density at radius 1 is 1.00 bits per heavy atom. The molecule has 0 N–H and O–H groups in total. The second kappa shape index (κ2) is 6.14. The lowest BCUT2D eigenvalue weighted by Gasteiger charge is -2.23. The van der Waals surface area contributed by atoms with Gasteiger partial charge < -0.3 is 4.74 Å². The van der Waals surface area contributed by atoms with Crippen molar-refractivity contribution in [1.29, 1.82) is 0 Å². The summed E-state index contributed by atoms with van der Waals surface area (Å²) < 4.78 is 5.67. The van der Waals surface area contributed by atoms with Gasteiger partial charge in [-0.1, -0.05) is 60.7 Å². The van der Waals surface area contributed by atoms with Crippen molar-refractivity contribution in [2.75, 3.05) is 0 Å². The van der Waals surface area contributed by atoms with Gasteiger partial charge in [0.15, 0.2) is 11.4 Å². The van der Waals surface area contributed by atoms with Gasteiger partial charge in [0.2, 0.25) is 0 Å². The number of ether oxygens (including phenoxy) is 1. The number of esters is 1. The van der Waals surface area contributed by atoms with Crippen LogP contribution in [0.3, 0.4) is 0 Å². The summed E-state index contributed by atoms with van der Waals surface area (Å²) in [7, 11) is 0. The van der Waals surface area contributed by atoms with Gasteiger partial charge in [-0.2, -0.15) is 0 Å². The minimum atomic E-state index is -1.06. The third-order valence-electron chi connectivity index (χ3n) is 5.44. The molecule has 2 aromatic rings. The smallest absolute Gasteiger partial charge is 0.318 e. The molecule has 0 spiro atoms. The van der Waals surface area contributed by atoms with Crippen LogP contribution in [0.1, 0.15) is 36.8 Å². The molecule has 2 aromatic carbocycles. The molecule has 1 heterocycles. The fourth-order valence-corrected chi connectivity index (χ4v) is 4.06. The highest BCUT2D eigenvalue weighted by molar-refractivity contribution is 6.09. The van der Waals surface area contributed by atoms with E-state index in [9.17, 15) is 9.59 Å². The molecule has 3 nitrogen and oxygen atoms in total. The third-order valence-corrected chi connectivity index (χ3v) is 5.44. The van der Waals surface area contributed by atoms with E-state index in [0.717, 1.165) is 24.0 Å². The van der Waals surface area contributed by atoms with Crippen LogP contribution in [-0.2, 0) is 20.7 Å². The number of hydrogen-bond acceptors (Lipinski definition) is 3. The normalized spacial score (nSPS) is 27.2. The highest BCUT2D eigenvalue weighted by Crippen LogP contribution is 2.50. The molecule has 0 radical (unpaired) electrons. The maximum Gasteiger partial charge on any atom is 0.318 e. The highest BCUT2D eigenvalue weighted by Gasteiger charge is 2.57. The first kappa shape index (κ1) is 16.1. The number of cyclic esters (lactones) is 1. The lowest BCUT2D eigenvalue weighted by Crippen LogP contribution is -2.38. The number of carbonyl (C=O) groups excluding carboxylic acids is 2. The molecule has 2 aliphatic rings. The van der Waals surface area contributed by atoms with E-state index >= 15 is 0 Å². The van der Waals surface area contributed by atoms with Crippen molar-refractivity contribution in [2.24, 2.45) is 11.8 Å². The van der Waals surface area contributed by atoms with Crippen molar-refractivity contribution < 1.29 is 14.3 Å². The molecule has 0 aromatic heterocycles. The zero-order valence-corrected chi connectivity index (χ0v) is 14.4. The molecule has 4 rings (SSSR count). The second-order valence-electron chi connectivity index (χ2n) is 7.43. The van der Waals surface area contributed by atoms with Gasteiger partial charge in [0.1, 0.15) is 5.92 Å². The number of Topliss-reactive ketones (excluding diaryl/α,β-unsaturated/α-hetero) is 1. The molecule has 0 bridgehead atoms. The van der Waals surface area contributed by atoms with Gasteiger partial charge in [0.25, 0.3) is 0 Å². The van der Waals surface area contributed by atoms with Crippen LogP contribution in [0.5, 0.6) is 0 Å². The maximum atomic E-state index is 13.2. The van der Waals surface area contributed by atoms with Crippen LogP contribution in [0.15, 0.2) is 60.7 Å². The minimum absolute atomic E-state index is 0.0567. The van der Waals surface area contributed by atoms with Crippen LogP contribution in [0.2, 0.25) is 0 Å². The number of benzene rings is 2. The van der Waals surface area contributed by atoms with Gasteiger partial charge in [0.05, 0.1) is 0 Å². The average molecular weight is 334 g/mol. The molecule has 1 saturated carbocycles. The van der Waals surface area contributed by atoms with Gasteiger partial charge in [-0.05, 0) is 36.8 Å². The topological polar surface area (TPSA) is 43.4 Å².